The van der Waals surface area contributed by atoms with Crippen molar-refractivity contribution in [3.05, 3.63) is 35.4 Å². The Morgan fingerprint density at radius 1 is 1.20 bits per heavy atom. The molecule has 0 amide bonds. The predicted octanol–water partition coefficient (Wildman–Crippen LogP) is 2.23. The van der Waals surface area contributed by atoms with Crippen molar-refractivity contribution in [3.8, 4) is 0 Å². The molecule has 2 nitrogen and oxygen atoms in total. The van der Waals surface area contributed by atoms with Gasteiger partial charge in [-0.3, -0.25) is 0 Å². The lowest BCUT2D eigenvalue weighted by Crippen LogP contribution is -2.19. The Kier molecular flexibility index (Phi) is 4.79. The van der Waals surface area contributed by atoms with Gasteiger partial charge in [0.05, 0.1) is 6.10 Å². The highest BCUT2D eigenvalue weighted by Crippen LogP contribution is 2.15. The van der Waals surface area contributed by atoms with E-state index in [9.17, 15) is 5.11 Å². The fraction of sp³-hybridized carbons (Fsp3) is 0.538. The largest absolute Gasteiger partial charge is 0.387 e. The predicted molar refractivity (Wildman–Crippen MR) is 64.0 cm³/mol. The van der Waals surface area contributed by atoms with Crippen molar-refractivity contribution < 1.29 is 5.11 Å². The van der Waals surface area contributed by atoms with Crippen LogP contribution in [0.3, 0.4) is 0 Å². The summed E-state index contributed by atoms with van der Waals surface area (Å²) in [5.74, 6) is 0. The van der Waals surface area contributed by atoms with E-state index in [1.807, 2.05) is 31.1 Å². The van der Waals surface area contributed by atoms with Crippen LogP contribution >= 0.6 is 0 Å². The van der Waals surface area contributed by atoms with Crippen LogP contribution in [0, 0.1) is 0 Å². The van der Waals surface area contributed by atoms with E-state index >= 15 is 0 Å². The number of hydrogen-bond donors (Lipinski definition) is 1. The smallest absolute Gasteiger partial charge is 0.0916 e. The van der Waals surface area contributed by atoms with E-state index in [0.29, 0.717) is 6.54 Å². The monoisotopic (exact) mass is 207 g/mol. The number of aryl methyl sites for hydroxylation is 1. The first kappa shape index (κ1) is 12.2. The van der Waals surface area contributed by atoms with E-state index in [4.69, 9.17) is 0 Å². The number of nitrogens with zero attached hydrogens (tertiary/aromatic N) is 1. The van der Waals surface area contributed by atoms with Crippen molar-refractivity contribution in [2.45, 2.75) is 25.9 Å². The number of hydrogen-bond acceptors (Lipinski definition) is 2. The van der Waals surface area contributed by atoms with Crippen LogP contribution in [0.4, 0.5) is 0 Å². The fourth-order valence-corrected chi connectivity index (χ4v) is 1.65. The molecule has 0 radical (unpaired) electrons. The highest BCUT2D eigenvalue weighted by atomic mass is 16.3. The molecule has 0 fully saturated rings. The van der Waals surface area contributed by atoms with E-state index in [0.717, 1.165) is 12.0 Å². The van der Waals surface area contributed by atoms with Gasteiger partial charge in [0.25, 0.3) is 0 Å². The van der Waals surface area contributed by atoms with Crippen LogP contribution in [0.2, 0.25) is 0 Å². The summed E-state index contributed by atoms with van der Waals surface area (Å²) in [5, 5.41) is 9.87. The van der Waals surface area contributed by atoms with Gasteiger partial charge in [-0.05, 0) is 31.6 Å². The third-order valence-electron chi connectivity index (χ3n) is 2.44. The van der Waals surface area contributed by atoms with Gasteiger partial charge in [0.2, 0.25) is 0 Å². The Labute approximate surface area is 92.5 Å². The van der Waals surface area contributed by atoms with Crippen molar-refractivity contribution >= 4 is 0 Å². The van der Waals surface area contributed by atoms with Crippen LogP contribution in [-0.2, 0) is 6.42 Å². The first-order valence-corrected chi connectivity index (χ1v) is 5.55. The van der Waals surface area contributed by atoms with Gasteiger partial charge in [-0.2, -0.15) is 0 Å². The van der Waals surface area contributed by atoms with Gasteiger partial charge in [-0.1, -0.05) is 37.6 Å². The minimum Gasteiger partial charge on any atom is -0.387 e. The van der Waals surface area contributed by atoms with E-state index in [1.165, 1.54) is 12.0 Å². The molecule has 1 rings (SSSR count). The molecule has 0 aliphatic rings. The Balaban J connectivity index is 2.62. The normalized spacial score (nSPS) is 13.1. The van der Waals surface area contributed by atoms with Crippen LogP contribution in [0.5, 0.6) is 0 Å². The maximum atomic E-state index is 9.87. The molecule has 1 unspecified atom stereocenters. The average molecular weight is 207 g/mol. The first-order chi connectivity index (χ1) is 7.13. The zero-order chi connectivity index (χ0) is 11.3. The summed E-state index contributed by atoms with van der Waals surface area (Å²) in [6, 6.07) is 8.27. The number of benzene rings is 1. The fourth-order valence-electron chi connectivity index (χ4n) is 1.65. The van der Waals surface area contributed by atoms with E-state index in [1.54, 1.807) is 0 Å². The zero-order valence-electron chi connectivity index (χ0n) is 9.90. The van der Waals surface area contributed by atoms with Crippen LogP contribution < -0.4 is 0 Å². The molecule has 0 bridgehead atoms. The first-order valence-electron chi connectivity index (χ1n) is 5.55. The second-order valence-corrected chi connectivity index (χ2v) is 4.27. The van der Waals surface area contributed by atoms with Crippen molar-refractivity contribution in [3.63, 3.8) is 0 Å². The lowest BCUT2D eigenvalue weighted by Gasteiger charge is -2.16. The molecular weight excluding hydrogens is 186 g/mol. The highest BCUT2D eigenvalue weighted by Gasteiger charge is 2.07. The van der Waals surface area contributed by atoms with Crippen LogP contribution in [0.15, 0.2) is 24.3 Å². The van der Waals surface area contributed by atoms with E-state index in [-0.39, 0.29) is 6.10 Å². The highest BCUT2D eigenvalue weighted by molar-refractivity contribution is 5.24. The quantitative estimate of drug-likeness (QED) is 0.800. The molecule has 0 aliphatic heterocycles. The molecule has 0 saturated carbocycles. The molecule has 0 aliphatic carbocycles. The maximum Gasteiger partial charge on any atom is 0.0916 e. The lowest BCUT2D eigenvalue weighted by atomic mass is 10.0. The topological polar surface area (TPSA) is 23.5 Å². The maximum absolute atomic E-state index is 9.87. The molecule has 1 atom stereocenters. The standard InChI is InChI=1S/C13H21NO/c1-4-5-11-6-8-12(9-7-11)13(15)10-14(2)3/h6-9,13,15H,4-5,10H2,1-3H3. The van der Waals surface area contributed by atoms with Crippen molar-refractivity contribution in [2.24, 2.45) is 0 Å². The average Bonchev–Trinajstić information content (AvgIpc) is 2.18. The molecule has 2 heteroatoms. The summed E-state index contributed by atoms with van der Waals surface area (Å²) in [6.07, 6.45) is 1.90. The molecule has 1 aromatic rings. The number of rotatable bonds is 5. The Bertz CT molecular complexity index is 279. The second kappa shape index (κ2) is 5.89. The number of aliphatic hydroxyl groups is 1. The SMILES string of the molecule is CCCc1ccc(C(O)CN(C)C)cc1. The minimum atomic E-state index is -0.379. The molecular formula is C13H21NO. The van der Waals surface area contributed by atoms with Crippen molar-refractivity contribution in [1.82, 2.24) is 4.90 Å². The van der Waals surface area contributed by atoms with Gasteiger partial charge in [-0.15, -0.1) is 0 Å². The summed E-state index contributed by atoms with van der Waals surface area (Å²) < 4.78 is 0. The summed E-state index contributed by atoms with van der Waals surface area (Å²) in [6.45, 7) is 2.85. The van der Waals surface area contributed by atoms with Gasteiger partial charge >= 0.3 is 0 Å². The van der Waals surface area contributed by atoms with Crippen LogP contribution in [0.1, 0.15) is 30.6 Å². The van der Waals surface area contributed by atoms with E-state index < -0.39 is 0 Å². The number of aliphatic hydroxyl groups excluding tert-OH is 1. The van der Waals surface area contributed by atoms with Gasteiger partial charge in [-0.25, -0.2) is 0 Å². The molecule has 0 heterocycles. The zero-order valence-corrected chi connectivity index (χ0v) is 9.90. The van der Waals surface area contributed by atoms with Gasteiger partial charge in [0.15, 0.2) is 0 Å². The Morgan fingerprint density at radius 3 is 2.27 bits per heavy atom. The summed E-state index contributed by atoms with van der Waals surface area (Å²) in [7, 11) is 3.93. The molecule has 84 valence electrons. The lowest BCUT2D eigenvalue weighted by molar-refractivity contribution is 0.138. The summed E-state index contributed by atoms with van der Waals surface area (Å²) in [5.41, 5.74) is 2.35. The Morgan fingerprint density at radius 2 is 1.80 bits per heavy atom. The molecule has 1 N–H and O–H groups in total. The molecule has 0 aromatic heterocycles. The Hall–Kier alpha value is -0.860. The van der Waals surface area contributed by atoms with Gasteiger partial charge < -0.3 is 10.0 Å². The third kappa shape index (κ3) is 4.02. The summed E-state index contributed by atoms with van der Waals surface area (Å²) >= 11 is 0. The molecule has 15 heavy (non-hydrogen) atoms. The third-order valence-corrected chi connectivity index (χ3v) is 2.44. The van der Waals surface area contributed by atoms with Crippen molar-refractivity contribution in [1.29, 1.82) is 0 Å². The van der Waals surface area contributed by atoms with Crippen molar-refractivity contribution in [2.75, 3.05) is 20.6 Å². The molecule has 0 saturated heterocycles. The van der Waals surface area contributed by atoms with E-state index in [2.05, 4.69) is 19.1 Å². The molecule has 0 spiro atoms. The minimum absolute atomic E-state index is 0.379. The second-order valence-electron chi connectivity index (χ2n) is 4.27. The molecule has 1 aromatic carbocycles. The summed E-state index contributed by atoms with van der Waals surface area (Å²) in [4.78, 5) is 1.99. The van der Waals surface area contributed by atoms with Crippen LogP contribution in [-0.4, -0.2) is 30.6 Å². The number of likely N-dealkylation sites (N-methyl/N-ethyl adjacent to an activating group) is 1. The van der Waals surface area contributed by atoms with Crippen LogP contribution in [0.25, 0.3) is 0 Å². The van der Waals surface area contributed by atoms with Gasteiger partial charge in [0.1, 0.15) is 0 Å². The van der Waals surface area contributed by atoms with Gasteiger partial charge in [0, 0.05) is 6.54 Å².